The smallest absolute Gasteiger partial charge is 0.234 e. The van der Waals surface area contributed by atoms with Crippen LogP contribution in [0.3, 0.4) is 0 Å². The van der Waals surface area contributed by atoms with Gasteiger partial charge in [0, 0.05) is 5.92 Å². The molecule has 6 nitrogen and oxygen atoms in total. The van der Waals surface area contributed by atoms with E-state index in [-0.39, 0.29) is 18.1 Å². The number of carbonyl (C=O) groups excluding carboxylic acids is 1. The van der Waals surface area contributed by atoms with Crippen molar-refractivity contribution >= 4 is 5.78 Å². The molecule has 0 N–H and O–H groups in total. The van der Waals surface area contributed by atoms with Crippen LogP contribution < -0.4 is 9.47 Å². The minimum absolute atomic E-state index is 0.0542. The third-order valence-corrected chi connectivity index (χ3v) is 3.25. The van der Waals surface area contributed by atoms with Gasteiger partial charge < -0.3 is 14.0 Å². The van der Waals surface area contributed by atoms with Crippen molar-refractivity contribution in [2.45, 2.75) is 26.4 Å². The molecule has 0 radical (unpaired) electrons. The monoisotopic (exact) mass is 288 g/mol. The molecule has 2 aromatic rings. The van der Waals surface area contributed by atoms with Crippen LogP contribution in [0.2, 0.25) is 0 Å². The van der Waals surface area contributed by atoms with Gasteiger partial charge in [-0.1, -0.05) is 31.1 Å². The van der Waals surface area contributed by atoms with E-state index < -0.39 is 6.10 Å². The molecule has 0 amide bonds. The van der Waals surface area contributed by atoms with Gasteiger partial charge in [-0.15, -0.1) is 0 Å². The fraction of sp³-hybridized carbons (Fsp3) is 0.400. The lowest BCUT2D eigenvalue weighted by atomic mass is 10.1. The van der Waals surface area contributed by atoms with Gasteiger partial charge in [-0.05, 0) is 12.1 Å². The Kier molecular flexibility index (Phi) is 3.60. The molecule has 6 heteroatoms. The fourth-order valence-electron chi connectivity index (χ4n) is 1.97. The second-order valence-electron chi connectivity index (χ2n) is 5.21. The van der Waals surface area contributed by atoms with Gasteiger partial charge in [-0.3, -0.25) is 4.79 Å². The minimum atomic E-state index is -0.424. The highest BCUT2D eigenvalue weighted by atomic mass is 16.6. The van der Waals surface area contributed by atoms with Crippen molar-refractivity contribution in [3.05, 3.63) is 36.0 Å². The van der Waals surface area contributed by atoms with Gasteiger partial charge in [-0.2, -0.15) is 4.98 Å². The average Bonchev–Trinajstić information content (AvgIpc) is 2.95. The Morgan fingerprint density at radius 1 is 1.33 bits per heavy atom. The zero-order chi connectivity index (χ0) is 14.8. The number of aromatic nitrogens is 2. The van der Waals surface area contributed by atoms with E-state index in [2.05, 4.69) is 10.1 Å². The van der Waals surface area contributed by atoms with Crippen LogP contribution in [0.4, 0.5) is 0 Å². The first-order chi connectivity index (χ1) is 10.1. The Morgan fingerprint density at radius 3 is 2.86 bits per heavy atom. The van der Waals surface area contributed by atoms with Gasteiger partial charge >= 0.3 is 0 Å². The van der Waals surface area contributed by atoms with E-state index in [1.807, 2.05) is 38.1 Å². The highest BCUT2D eigenvalue weighted by Gasteiger charge is 2.27. The summed E-state index contributed by atoms with van der Waals surface area (Å²) in [5.74, 6) is 2.07. The van der Waals surface area contributed by atoms with Gasteiger partial charge in [0.25, 0.3) is 0 Å². The van der Waals surface area contributed by atoms with E-state index in [0.29, 0.717) is 29.8 Å². The molecule has 1 aliphatic rings. The lowest BCUT2D eigenvalue weighted by molar-refractivity contribution is -0.121. The van der Waals surface area contributed by atoms with Crippen molar-refractivity contribution in [1.29, 1.82) is 0 Å². The Morgan fingerprint density at radius 2 is 2.10 bits per heavy atom. The molecule has 0 spiro atoms. The Bertz CT molecular complexity index is 651. The molecular weight excluding hydrogens is 272 g/mol. The first-order valence-corrected chi connectivity index (χ1v) is 6.87. The highest BCUT2D eigenvalue weighted by Crippen LogP contribution is 2.35. The van der Waals surface area contributed by atoms with Crippen molar-refractivity contribution in [3.63, 3.8) is 0 Å². The summed E-state index contributed by atoms with van der Waals surface area (Å²) in [7, 11) is 0. The molecular formula is C15H16N2O4. The van der Waals surface area contributed by atoms with Crippen LogP contribution in [-0.4, -0.2) is 22.5 Å². The number of nitrogens with zero attached hydrogens (tertiary/aromatic N) is 2. The summed E-state index contributed by atoms with van der Waals surface area (Å²) in [6, 6.07) is 7.42. The van der Waals surface area contributed by atoms with Gasteiger partial charge in [0.05, 0.1) is 6.42 Å². The van der Waals surface area contributed by atoms with E-state index in [9.17, 15) is 4.79 Å². The molecule has 1 atom stereocenters. The Labute approximate surface area is 122 Å². The standard InChI is InChI=1S/C15H16N2O4/c1-9(2)10(18)7-14-16-15(17-21-14)13-8-19-11-5-3-4-6-12(11)20-13/h3-6,9,13H,7-8H2,1-2H3. The second-order valence-corrected chi connectivity index (χ2v) is 5.21. The molecule has 110 valence electrons. The van der Waals surface area contributed by atoms with Gasteiger partial charge in [-0.25, -0.2) is 0 Å². The average molecular weight is 288 g/mol. The summed E-state index contributed by atoms with van der Waals surface area (Å²) in [5.41, 5.74) is 0. The number of fused-ring (bicyclic) bond motifs is 1. The third-order valence-electron chi connectivity index (χ3n) is 3.25. The van der Waals surface area contributed by atoms with Crippen LogP contribution in [-0.2, 0) is 11.2 Å². The van der Waals surface area contributed by atoms with Crippen molar-refractivity contribution in [1.82, 2.24) is 10.1 Å². The van der Waals surface area contributed by atoms with E-state index in [1.165, 1.54) is 0 Å². The van der Waals surface area contributed by atoms with E-state index in [4.69, 9.17) is 14.0 Å². The van der Waals surface area contributed by atoms with Crippen molar-refractivity contribution < 1.29 is 18.8 Å². The quantitative estimate of drug-likeness (QED) is 0.859. The SMILES string of the molecule is CC(C)C(=O)Cc1nc(C2COc3ccccc3O2)no1. The van der Waals surface area contributed by atoms with Crippen molar-refractivity contribution in [2.75, 3.05) is 6.61 Å². The van der Waals surface area contributed by atoms with E-state index >= 15 is 0 Å². The number of hydrogen-bond donors (Lipinski definition) is 0. The predicted molar refractivity (Wildman–Crippen MR) is 73.2 cm³/mol. The number of benzene rings is 1. The summed E-state index contributed by atoms with van der Waals surface area (Å²) >= 11 is 0. The minimum Gasteiger partial charge on any atom is -0.485 e. The summed E-state index contributed by atoms with van der Waals surface area (Å²) in [5, 5.41) is 3.88. The maximum Gasteiger partial charge on any atom is 0.234 e. The molecule has 1 unspecified atom stereocenters. The Balaban J connectivity index is 1.72. The summed E-state index contributed by atoms with van der Waals surface area (Å²) in [4.78, 5) is 15.9. The van der Waals surface area contributed by atoms with Gasteiger partial charge in [0.1, 0.15) is 12.4 Å². The molecule has 3 rings (SSSR count). The molecule has 1 aromatic carbocycles. The summed E-state index contributed by atoms with van der Waals surface area (Å²) < 4.78 is 16.5. The molecule has 21 heavy (non-hydrogen) atoms. The highest BCUT2D eigenvalue weighted by molar-refractivity contribution is 5.81. The van der Waals surface area contributed by atoms with Crippen molar-refractivity contribution in [2.24, 2.45) is 5.92 Å². The van der Waals surface area contributed by atoms with E-state index in [0.717, 1.165) is 0 Å². The number of carbonyl (C=O) groups is 1. The predicted octanol–water partition coefficient (Wildman–Crippen LogP) is 2.35. The number of ether oxygens (including phenoxy) is 2. The van der Waals surface area contributed by atoms with Crippen LogP contribution in [0.15, 0.2) is 28.8 Å². The molecule has 0 saturated carbocycles. The molecule has 0 aliphatic carbocycles. The molecule has 2 heterocycles. The summed E-state index contributed by atoms with van der Waals surface area (Å²) in [6.07, 6.45) is -0.277. The van der Waals surface area contributed by atoms with Crippen LogP contribution in [0, 0.1) is 5.92 Å². The molecule has 0 saturated heterocycles. The summed E-state index contributed by atoms with van der Waals surface area (Å²) in [6.45, 7) is 4.00. The molecule has 0 bridgehead atoms. The van der Waals surface area contributed by atoms with Crippen LogP contribution in [0.1, 0.15) is 31.7 Å². The molecule has 0 fully saturated rings. The zero-order valence-corrected chi connectivity index (χ0v) is 11.9. The first-order valence-electron chi connectivity index (χ1n) is 6.87. The number of rotatable bonds is 4. The topological polar surface area (TPSA) is 74.5 Å². The fourth-order valence-corrected chi connectivity index (χ4v) is 1.97. The number of Topliss-reactive ketones (excluding diaryl/α,β-unsaturated/α-hetero) is 1. The van der Waals surface area contributed by atoms with Crippen LogP contribution in [0.25, 0.3) is 0 Å². The first kappa shape index (κ1) is 13.6. The zero-order valence-electron chi connectivity index (χ0n) is 11.9. The maximum atomic E-state index is 11.7. The van der Waals surface area contributed by atoms with Gasteiger partial charge in [0.15, 0.2) is 17.6 Å². The largest absolute Gasteiger partial charge is 0.485 e. The van der Waals surface area contributed by atoms with Crippen molar-refractivity contribution in [3.8, 4) is 11.5 Å². The third kappa shape index (κ3) is 2.89. The number of para-hydroxylation sites is 2. The normalized spacial score (nSPS) is 17.0. The van der Waals surface area contributed by atoms with Crippen LogP contribution >= 0.6 is 0 Å². The number of hydrogen-bond acceptors (Lipinski definition) is 6. The maximum absolute atomic E-state index is 11.7. The Hall–Kier alpha value is -2.37. The second kappa shape index (κ2) is 5.55. The lowest BCUT2D eigenvalue weighted by Crippen LogP contribution is -2.22. The van der Waals surface area contributed by atoms with Crippen LogP contribution in [0.5, 0.6) is 11.5 Å². The van der Waals surface area contributed by atoms with E-state index in [1.54, 1.807) is 0 Å². The molecule has 1 aromatic heterocycles. The lowest BCUT2D eigenvalue weighted by Gasteiger charge is -2.24. The molecule has 1 aliphatic heterocycles. The van der Waals surface area contributed by atoms with Gasteiger partial charge in [0.2, 0.25) is 11.7 Å². The number of ketones is 1.